The van der Waals surface area contributed by atoms with Crippen LogP contribution in [0, 0.1) is 5.92 Å². The lowest BCUT2D eigenvalue weighted by molar-refractivity contribution is -0.125. The molecule has 1 aromatic carbocycles. The maximum absolute atomic E-state index is 12.0. The molecule has 0 radical (unpaired) electrons. The maximum Gasteiger partial charge on any atom is 0.224 e. The summed E-state index contributed by atoms with van der Waals surface area (Å²) in [6, 6.07) is 9.39. The van der Waals surface area contributed by atoms with E-state index >= 15 is 0 Å². The van der Waals surface area contributed by atoms with E-state index < -0.39 is 0 Å². The number of amides is 1. The molecule has 0 saturated heterocycles. The molecule has 3 N–H and O–H groups in total. The fourth-order valence-corrected chi connectivity index (χ4v) is 1.76. The predicted octanol–water partition coefficient (Wildman–Crippen LogP) is 1.86. The molecule has 2 atom stereocenters. The minimum atomic E-state index is -0.285. The number of rotatable bonds is 7. The quantitative estimate of drug-likeness (QED) is 0.739. The monoisotopic (exact) mass is 264 g/mol. The Morgan fingerprint density at radius 2 is 1.89 bits per heavy atom. The molecule has 0 aliphatic carbocycles. The summed E-state index contributed by atoms with van der Waals surface area (Å²) in [6.45, 7) is 6.82. The molecule has 1 rings (SSSR count). The van der Waals surface area contributed by atoms with Crippen molar-refractivity contribution in [3.05, 3.63) is 35.9 Å². The van der Waals surface area contributed by atoms with Crippen molar-refractivity contribution in [2.75, 3.05) is 13.2 Å². The van der Waals surface area contributed by atoms with Crippen LogP contribution in [0.4, 0.5) is 0 Å². The maximum atomic E-state index is 12.0. The Balaban J connectivity index is 2.40. The summed E-state index contributed by atoms with van der Waals surface area (Å²) >= 11 is 0. The van der Waals surface area contributed by atoms with Crippen LogP contribution < -0.4 is 11.1 Å². The molecule has 0 aromatic heterocycles. The Morgan fingerprint density at radius 1 is 1.26 bits per heavy atom. The molecule has 0 spiro atoms. The number of nitrogens with two attached hydrogens (primary N) is 1. The molecule has 0 aliphatic rings. The van der Waals surface area contributed by atoms with Gasteiger partial charge in [-0.2, -0.15) is 0 Å². The minimum absolute atomic E-state index is 0.0382. The van der Waals surface area contributed by atoms with Crippen LogP contribution in [0.1, 0.15) is 32.4 Å². The van der Waals surface area contributed by atoms with E-state index in [4.69, 9.17) is 10.5 Å². The Labute approximate surface area is 115 Å². The van der Waals surface area contributed by atoms with Crippen molar-refractivity contribution in [2.24, 2.45) is 11.7 Å². The first-order valence-corrected chi connectivity index (χ1v) is 6.72. The van der Waals surface area contributed by atoms with Crippen LogP contribution in [-0.4, -0.2) is 25.2 Å². The largest absolute Gasteiger partial charge is 0.377 e. The fourth-order valence-electron chi connectivity index (χ4n) is 1.76. The van der Waals surface area contributed by atoms with Crippen LogP contribution >= 0.6 is 0 Å². The van der Waals surface area contributed by atoms with Crippen molar-refractivity contribution in [3.8, 4) is 0 Å². The fraction of sp³-hybridized carbons (Fsp3) is 0.533. The van der Waals surface area contributed by atoms with Gasteiger partial charge >= 0.3 is 0 Å². The summed E-state index contributed by atoms with van der Waals surface area (Å²) in [5, 5.41) is 2.84. The smallest absolute Gasteiger partial charge is 0.224 e. The normalized spacial score (nSPS) is 14.2. The van der Waals surface area contributed by atoms with Crippen LogP contribution in [0.5, 0.6) is 0 Å². The first kappa shape index (κ1) is 15.7. The first-order chi connectivity index (χ1) is 9.02. The van der Waals surface area contributed by atoms with Crippen LogP contribution in [0.3, 0.4) is 0 Å². The number of hydrogen-bond donors (Lipinski definition) is 2. The van der Waals surface area contributed by atoms with Gasteiger partial charge in [0, 0.05) is 12.6 Å². The molecule has 4 nitrogen and oxygen atoms in total. The lowest BCUT2D eigenvalue weighted by Gasteiger charge is -2.20. The zero-order chi connectivity index (χ0) is 14.3. The van der Waals surface area contributed by atoms with E-state index in [-0.39, 0.29) is 24.0 Å². The summed E-state index contributed by atoms with van der Waals surface area (Å²) in [7, 11) is 0. The van der Waals surface area contributed by atoms with Gasteiger partial charge in [0.15, 0.2) is 0 Å². The minimum Gasteiger partial charge on any atom is -0.377 e. The highest BCUT2D eigenvalue weighted by molar-refractivity contribution is 5.79. The lowest BCUT2D eigenvalue weighted by atomic mass is 9.95. The zero-order valence-corrected chi connectivity index (χ0v) is 11.9. The highest BCUT2D eigenvalue weighted by atomic mass is 16.5. The van der Waals surface area contributed by atoms with E-state index in [0.717, 1.165) is 5.56 Å². The molecule has 1 amide bonds. The van der Waals surface area contributed by atoms with Gasteiger partial charge in [-0.05, 0) is 19.4 Å². The van der Waals surface area contributed by atoms with E-state index in [0.29, 0.717) is 13.2 Å². The van der Waals surface area contributed by atoms with E-state index in [9.17, 15) is 4.79 Å². The molecule has 1 aromatic rings. The lowest BCUT2D eigenvalue weighted by Crippen LogP contribution is -2.37. The van der Waals surface area contributed by atoms with Crippen molar-refractivity contribution in [2.45, 2.75) is 32.9 Å². The van der Waals surface area contributed by atoms with E-state index in [1.54, 1.807) is 0 Å². The molecule has 0 fully saturated rings. The molecular formula is C15H24N2O2. The van der Waals surface area contributed by atoms with Gasteiger partial charge < -0.3 is 15.8 Å². The number of benzene rings is 1. The Hall–Kier alpha value is -1.39. The second-order valence-corrected chi connectivity index (χ2v) is 4.94. The highest BCUT2D eigenvalue weighted by Crippen LogP contribution is 2.18. The summed E-state index contributed by atoms with van der Waals surface area (Å²) in [5.74, 6) is -0.301. The van der Waals surface area contributed by atoms with E-state index in [1.807, 2.05) is 51.1 Å². The third-order valence-corrected chi connectivity index (χ3v) is 2.99. The predicted molar refractivity (Wildman–Crippen MR) is 76.6 cm³/mol. The number of ether oxygens (including phenoxy) is 1. The molecule has 0 bridgehead atoms. The molecule has 4 heteroatoms. The molecule has 19 heavy (non-hydrogen) atoms. The van der Waals surface area contributed by atoms with Gasteiger partial charge in [-0.25, -0.2) is 0 Å². The molecule has 106 valence electrons. The number of nitrogens with one attached hydrogen (secondary N) is 1. The molecule has 0 aliphatic heterocycles. The molecule has 2 unspecified atom stereocenters. The van der Waals surface area contributed by atoms with Crippen molar-refractivity contribution < 1.29 is 9.53 Å². The van der Waals surface area contributed by atoms with Crippen LogP contribution in [-0.2, 0) is 9.53 Å². The van der Waals surface area contributed by atoms with Crippen molar-refractivity contribution in [1.82, 2.24) is 5.32 Å². The second kappa shape index (κ2) is 7.92. The third-order valence-electron chi connectivity index (χ3n) is 2.99. The zero-order valence-electron chi connectivity index (χ0n) is 11.9. The number of hydrogen-bond acceptors (Lipinski definition) is 3. The van der Waals surface area contributed by atoms with Crippen molar-refractivity contribution in [1.29, 1.82) is 0 Å². The van der Waals surface area contributed by atoms with Gasteiger partial charge in [0.25, 0.3) is 0 Å². The van der Waals surface area contributed by atoms with Crippen LogP contribution in [0.25, 0.3) is 0 Å². The molecule has 0 heterocycles. The van der Waals surface area contributed by atoms with Crippen molar-refractivity contribution >= 4 is 5.91 Å². The topological polar surface area (TPSA) is 64.3 Å². The highest BCUT2D eigenvalue weighted by Gasteiger charge is 2.21. The number of carbonyl (C=O) groups excluding carboxylic acids is 1. The standard InChI is InChI=1S/C15H24N2O2/c1-11(2)19-10-9-17-15(18)12(3)14(16)13-7-5-4-6-8-13/h4-8,11-12,14H,9-10,16H2,1-3H3,(H,17,18). The third kappa shape index (κ3) is 5.41. The van der Waals surface area contributed by atoms with Gasteiger partial charge in [-0.15, -0.1) is 0 Å². The summed E-state index contributed by atoms with van der Waals surface area (Å²) in [6.07, 6.45) is 0.181. The van der Waals surface area contributed by atoms with Gasteiger partial charge in [0.1, 0.15) is 0 Å². The van der Waals surface area contributed by atoms with Crippen LogP contribution in [0.2, 0.25) is 0 Å². The summed E-state index contributed by atoms with van der Waals surface area (Å²) in [5.41, 5.74) is 7.08. The van der Waals surface area contributed by atoms with Gasteiger partial charge in [0.2, 0.25) is 5.91 Å². The Bertz CT molecular complexity index is 379. The molecule has 0 saturated carbocycles. The average Bonchev–Trinajstić information content (AvgIpc) is 2.42. The van der Waals surface area contributed by atoms with Gasteiger partial charge in [-0.3, -0.25) is 4.79 Å². The van der Waals surface area contributed by atoms with Crippen molar-refractivity contribution in [3.63, 3.8) is 0 Å². The second-order valence-electron chi connectivity index (χ2n) is 4.94. The van der Waals surface area contributed by atoms with E-state index in [1.165, 1.54) is 0 Å². The molecular weight excluding hydrogens is 240 g/mol. The Morgan fingerprint density at radius 3 is 2.47 bits per heavy atom. The number of carbonyl (C=O) groups is 1. The SMILES string of the molecule is CC(C)OCCNC(=O)C(C)C(N)c1ccccc1. The first-order valence-electron chi connectivity index (χ1n) is 6.72. The summed E-state index contributed by atoms with van der Waals surface area (Å²) in [4.78, 5) is 12.0. The average molecular weight is 264 g/mol. The van der Waals surface area contributed by atoms with Crippen LogP contribution in [0.15, 0.2) is 30.3 Å². The summed E-state index contributed by atoms with van der Waals surface area (Å²) < 4.78 is 5.37. The van der Waals surface area contributed by atoms with Gasteiger partial charge in [-0.1, -0.05) is 37.3 Å². The van der Waals surface area contributed by atoms with E-state index in [2.05, 4.69) is 5.32 Å². The Kier molecular flexibility index (Phi) is 6.53. The van der Waals surface area contributed by atoms with Gasteiger partial charge in [0.05, 0.1) is 18.6 Å².